The second-order valence-electron chi connectivity index (χ2n) is 3.68. The molecule has 5 nitrogen and oxygen atoms in total. The van der Waals surface area contributed by atoms with Gasteiger partial charge in [-0.05, 0) is 24.6 Å². The number of hydrogen-bond donors (Lipinski definition) is 2. The van der Waals surface area contributed by atoms with Crippen LogP contribution < -0.4 is 0 Å². The fourth-order valence-electron chi connectivity index (χ4n) is 1.64. The lowest BCUT2D eigenvalue weighted by molar-refractivity contribution is 0.0687. The molecule has 0 radical (unpaired) electrons. The van der Waals surface area contributed by atoms with Crippen molar-refractivity contribution < 1.29 is 15.0 Å². The van der Waals surface area contributed by atoms with Gasteiger partial charge in [-0.2, -0.15) is 5.10 Å². The van der Waals surface area contributed by atoms with Gasteiger partial charge in [-0.1, -0.05) is 18.2 Å². The van der Waals surface area contributed by atoms with Gasteiger partial charge in [-0.25, -0.2) is 9.48 Å². The Hall–Kier alpha value is -2.14. The molecule has 0 unspecified atom stereocenters. The number of aryl methyl sites for hydroxylation is 1. The van der Waals surface area contributed by atoms with Gasteiger partial charge in [0.15, 0.2) is 5.69 Å². The van der Waals surface area contributed by atoms with Gasteiger partial charge in [0, 0.05) is 0 Å². The number of carbonyl (C=O) groups is 1. The Kier molecular flexibility index (Phi) is 2.93. The third-order valence-corrected chi connectivity index (χ3v) is 2.48. The molecule has 0 amide bonds. The molecule has 0 saturated heterocycles. The van der Waals surface area contributed by atoms with E-state index in [0.29, 0.717) is 11.4 Å². The van der Waals surface area contributed by atoms with E-state index in [1.807, 2.05) is 25.1 Å². The minimum Gasteiger partial charge on any atom is -0.477 e. The summed E-state index contributed by atoms with van der Waals surface area (Å²) in [4.78, 5) is 11.1. The van der Waals surface area contributed by atoms with Gasteiger partial charge < -0.3 is 10.2 Å². The van der Waals surface area contributed by atoms with Gasteiger partial charge in [-0.3, -0.25) is 0 Å². The van der Waals surface area contributed by atoms with Crippen LogP contribution in [0.15, 0.2) is 30.3 Å². The van der Waals surface area contributed by atoms with Gasteiger partial charge in [0.1, 0.15) is 0 Å². The van der Waals surface area contributed by atoms with Crippen LogP contribution in [-0.2, 0) is 6.61 Å². The number of aromatic nitrogens is 2. The van der Waals surface area contributed by atoms with E-state index in [1.54, 1.807) is 6.07 Å². The van der Waals surface area contributed by atoms with Crippen molar-refractivity contribution in [2.75, 3.05) is 0 Å². The van der Waals surface area contributed by atoms with Gasteiger partial charge in [0.25, 0.3) is 0 Å². The molecule has 17 heavy (non-hydrogen) atoms. The minimum absolute atomic E-state index is 0.0448. The van der Waals surface area contributed by atoms with Gasteiger partial charge >= 0.3 is 5.97 Å². The molecular weight excluding hydrogens is 220 g/mol. The molecule has 0 aliphatic rings. The van der Waals surface area contributed by atoms with Crippen LogP contribution >= 0.6 is 0 Å². The minimum atomic E-state index is -1.07. The number of carboxylic acids is 1. The molecular formula is C12H12N2O3. The lowest BCUT2D eigenvalue weighted by Crippen LogP contribution is -2.09. The van der Waals surface area contributed by atoms with Crippen molar-refractivity contribution in [2.45, 2.75) is 13.5 Å². The lowest BCUT2D eigenvalue weighted by Gasteiger charge is -2.07. The highest BCUT2D eigenvalue weighted by molar-refractivity contribution is 5.86. The molecule has 1 heterocycles. The van der Waals surface area contributed by atoms with Crippen LogP contribution in [0.2, 0.25) is 0 Å². The average Bonchev–Trinajstić information content (AvgIpc) is 2.73. The van der Waals surface area contributed by atoms with E-state index in [4.69, 9.17) is 10.2 Å². The van der Waals surface area contributed by atoms with Gasteiger partial charge in [-0.15, -0.1) is 0 Å². The molecule has 88 valence electrons. The molecule has 0 spiro atoms. The van der Waals surface area contributed by atoms with Gasteiger partial charge in [0.2, 0.25) is 0 Å². The van der Waals surface area contributed by atoms with Crippen LogP contribution in [0.1, 0.15) is 21.7 Å². The molecule has 0 atom stereocenters. The summed E-state index contributed by atoms with van der Waals surface area (Å²) in [6, 6.07) is 8.72. The van der Waals surface area contributed by atoms with E-state index in [2.05, 4.69) is 5.10 Å². The van der Waals surface area contributed by atoms with Crippen molar-refractivity contribution in [2.24, 2.45) is 0 Å². The zero-order valence-electron chi connectivity index (χ0n) is 9.29. The second kappa shape index (κ2) is 4.39. The number of carboxylic acid groups (broad SMARTS) is 1. The number of benzene rings is 1. The number of nitrogens with zero attached hydrogens (tertiary/aromatic N) is 2. The van der Waals surface area contributed by atoms with Crippen molar-refractivity contribution in [3.8, 4) is 5.69 Å². The number of aromatic carboxylic acids is 1. The van der Waals surface area contributed by atoms with Gasteiger partial charge in [0.05, 0.1) is 18.0 Å². The zero-order valence-corrected chi connectivity index (χ0v) is 9.29. The number of aliphatic hydroxyl groups is 1. The predicted molar refractivity (Wildman–Crippen MR) is 61.2 cm³/mol. The maximum Gasteiger partial charge on any atom is 0.354 e. The highest BCUT2D eigenvalue weighted by Gasteiger charge is 2.16. The first-order valence-electron chi connectivity index (χ1n) is 5.12. The summed E-state index contributed by atoms with van der Waals surface area (Å²) in [5, 5.41) is 22.2. The first-order valence-corrected chi connectivity index (χ1v) is 5.12. The Bertz CT molecular complexity index is 561. The van der Waals surface area contributed by atoms with Crippen molar-refractivity contribution in [1.29, 1.82) is 0 Å². The highest BCUT2D eigenvalue weighted by atomic mass is 16.4. The average molecular weight is 232 g/mol. The smallest absolute Gasteiger partial charge is 0.354 e. The van der Waals surface area contributed by atoms with E-state index in [0.717, 1.165) is 5.56 Å². The third-order valence-electron chi connectivity index (χ3n) is 2.48. The summed E-state index contributed by atoms with van der Waals surface area (Å²) >= 11 is 0. The van der Waals surface area contributed by atoms with Crippen molar-refractivity contribution >= 4 is 5.97 Å². The Morgan fingerprint density at radius 2 is 2.12 bits per heavy atom. The Morgan fingerprint density at radius 3 is 2.71 bits per heavy atom. The largest absolute Gasteiger partial charge is 0.477 e. The molecule has 1 aromatic heterocycles. The van der Waals surface area contributed by atoms with Crippen LogP contribution in [0.25, 0.3) is 5.69 Å². The molecule has 5 heteroatoms. The first kappa shape index (κ1) is 11.3. The lowest BCUT2D eigenvalue weighted by atomic mass is 10.2. The third kappa shape index (κ3) is 2.05. The molecule has 2 rings (SSSR count). The number of rotatable bonds is 3. The molecule has 2 N–H and O–H groups in total. The number of para-hydroxylation sites is 1. The first-order chi connectivity index (χ1) is 8.13. The van der Waals surface area contributed by atoms with Crippen molar-refractivity contribution in [3.05, 3.63) is 47.3 Å². The molecule has 0 aliphatic heterocycles. The topological polar surface area (TPSA) is 75.3 Å². The molecule has 2 aromatic rings. The molecule has 0 fully saturated rings. The van der Waals surface area contributed by atoms with E-state index in [-0.39, 0.29) is 12.3 Å². The summed E-state index contributed by atoms with van der Waals surface area (Å²) in [7, 11) is 0. The van der Waals surface area contributed by atoms with Crippen molar-refractivity contribution in [1.82, 2.24) is 9.78 Å². The van der Waals surface area contributed by atoms with Crippen LogP contribution in [0, 0.1) is 6.92 Å². The summed E-state index contributed by atoms with van der Waals surface area (Å²) in [6.07, 6.45) is 0. The van der Waals surface area contributed by atoms with Crippen LogP contribution in [0.5, 0.6) is 0 Å². The van der Waals surface area contributed by atoms with E-state index in [1.165, 1.54) is 10.7 Å². The molecule has 1 aromatic carbocycles. The summed E-state index contributed by atoms with van der Waals surface area (Å²) in [6.45, 7) is 1.60. The quantitative estimate of drug-likeness (QED) is 0.838. The van der Waals surface area contributed by atoms with Crippen molar-refractivity contribution in [3.63, 3.8) is 0 Å². The van der Waals surface area contributed by atoms with E-state index < -0.39 is 5.97 Å². The van der Waals surface area contributed by atoms with Crippen LogP contribution in [0.4, 0.5) is 0 Å². The SMILES string of the molecule is Cc1ccccc1-n1nc(CO)cc1C(=O)O. The predicted octanol–water partition coefficient (Wildman–Crippen LogP) is 1.37. The highest BCUT2D eigenvalue weighted by Crippen LogP contribution is 2.16. The second-order valence-corrected chi connectivity index (χ2v) is 3.68. The molecule has 0 aliphatic carbocycles. The Balaban J connectivity index is 2.62. The zero-order chi connectivity index (χ0) is 12.4. The summed E-state index contributed by atoms with van der Waals surface area (Å²) < 4.78 is 1.34. The standard InChI is InChI=1S/C12H12N2O3/c1-8-4-2-3-5-10(8)14-11(12(16)17)6-9(7-15)13-14/h2-6,15H,7H2,1H3,(H,16,17). The Morgan fingerprint density at radius 1 is 1.41 bits per heavy atom. The normalized spacial score (nSPS) is 10.5. The fourth-order valence-corrected chi connectivity index (χ4v) is 1.64. The Labute approximate surface area is 97.9 Å². The summed E-state index contributed by atoms with van der Waals surface area (Å²) in [5.41, 5.74) is 2.00. The number of hydrogen-bond acceptors (Lipinski definition) is 3. The van der Waals surface area contributed by atoms with Crippen LogP contribution in [0.3, 0.4) is 0 Å². The monoisotopic (exact) mass is 232 g/mol. The summed E-state index contributed by atoms with van der Waals surface area (Å²) in [5.74, 6) is -1.07. The van der Waals surface area contributed by atoms with Crippen LogP contribution in [-0.4, -0.2) is 26.0 Å². The molecule has 0 bridgehead atoms. The fraction of sp³-hybridized carbons (Fsp3) is 0.167. The maximum absolute atomic E-state index is 11.1. The van der Waals surface area contributed by atoms with E-state index >= 15 is 0 Å². The number of aliphatic hydroxyl groups excluding tert-OH is 1. The molecule has 0 saturated carbocycles. The maximum atomic E-state index is 11.1. The van der Waals surface area contributed by atoms with E-state index in [9.17, 15) is 4.79 Å².